The van der Waals surface area contributed by atoms with Crippen LogP contribution in [0.25, 0.3) is 0 Å². The first-order valence-electron chi connectivity index (χ1n) is 6.90. The van der Waals surface area contributed by atoms with E-state index >= 15 is 0 Å². The Kier molecular flexibility index (Phi) is 3.70. The molecule has 1 aromatic rings. The number of amides is 1. The fourth-order valence-corrected chi connectivity index (χ4v) is 4.18. The molecule has 1 fully saturated rings. The Hall–Kier alpha value is -1.49. The Labute approximate surface area is 121 Å². The van der Waals surface area contributed by atoms with Gasteiger partial charge in [0.2, 0.25) is 5.91 Å². The maximum Gasteiger partial charge on any atom is 0.306 e. The van der Waals surface area contributed by atoms with Gasteiger partial charge in [0.05, 0.1) is 12.0 Å². The number of carbonyl (C=O) groups excluding carboxylic acids is 1. The molecule has 1 saturated carbocycles. The maximum atomic E-state index is 12.3. The van der Waals surface area contributed by atoms with Crippen molar-refractivity contribution in [2.45, 2.75) is 30.2 Å². The lowest BCUT2D eigenvalue weighted by Gasteiger charge is -2.16. The summed E-state index contributed by atoms with van der Waals surface area (Å²) in [6.07, 6.45) is 1.77. The molecular formula is C15H17NO3S. The monoisotopic (exact) mass is 291 g/mol. The number of hydrogen-bond acceptors (Lipinski definition) is 3. The highest BCUT2D eigenvalue weighted by Crippen LogP contribution is 2.38. The Morgan fingerprint density at radius 2 is 1.95 bits per heavy atom. The second-order valence-electron chi connectivity index (χ2n) is 5.46. The minimum absolute atomic E-state index is 0.0102. The predicted octanol–water partition coefficient (Wildman–Crippen LogP) is 2.45. The van der Waals surface area contributed by atoms with Crippen molar-refractivity contribution in [2.75, 3.05) is 5.75 Å². The largest absolute Gasteiger partial charge is 0.481 e. The summed E-state index contributed by atoms with van der Waals surface area (Å²) >= 11 is 1.76. The van der Waals surface area contributed by atoms with Crippen LogP contribution < -0.4 is 5.32 Å². The number of benzene rings is 1. The van der Waals surface area contributed by atoms with E-state index in [-0.39, 0.29) is 23.8 Å². The van der Waals surface area contributed by atoms with E-state index in [2.05, 4.69) is 17.4 Å². The first-order valence-corrected chi connectivity index (χ1v) is 7.88. The van der Waals surface area contributed by atoms with Gasteiger partial charge in [-0.05, 0) is 30.9 Å². The smallest absolute Gasteiger partial charge is 0.306 e. The van der Waals surface area contributed by atoms with Gasteiger partial charge < -0.3 is 10.4 Å². The molecule has 1 aliphatic heterocycles. The molecule has 20 heavy (non-hydrogen) atoms. The zero-order chi connectivity index (χ0) is 14.1. The van der Waals surface area contributed by atoms with Gasteiger partial charge in [-0.25, -0.2) is 0 Å². The van der Waals surface area contributed by atoms with E-state index in [1.54, 1.807) is 11.8 Å². The van der Waals surface area contributed by atoms with Gasteiger partial charge in [0.1, 0.15) is 0 Å². The van der Waals surface area contributed by atoms with E-state index in [9.17, 15) is 9.59 Å². The molecule has 106 valence electrons. The first-order chi connectivity index (χ1) is 9.65. The minimum atomic E-state index is -0.776. The summed E-state index contributed by atoms with van der Waals surface area (Å²) in [4.78, 5) is 24.4. The van der Waals surface area contributed by atoms with Crippen molar-refractivity contribution in [3.63, 3.8) is 0 Å². The lowest BCUT2D eigenvalue weighted by molar-refractivity contribution is -0.141. The van der Waals surface area contributed by atoms with E-state index < -0.39 is 5.97 Å². The van der Waals surface area contributed by atoms with Crippen LogP contribution in [-0.4, -0.2) is 22.7 Å². The normalized spacial score (nSPS) is 28.1. The van der Waals surface area contributed by atoms with Crippen molar-refractivity contribution >= 4 is 23.6 Å². The zero-order valence-electron chi connectivity index (χ0n) is 11.0. The van der Waals surface area contributed by atoms with Crippen LogP contribution in [0.1, 0.15) is 30.9 Å². The number of hydrogen-bond donors (Lipinski definition) is 2. The summed E-state index contributed by atoms with van der Waals surface area (Å²) in [6, 6.07) is 8.18. The standard InChI is InChI=1S/C15H17NO3S/c17-14(9-5-6-10(7-9)15(18)19)16-12-8-20-13-4-2-1-3-11(12)13/h1-4,9-10,12H,5-8H2,(H,16,17)(H,18,19)/t9-,10+,12?/m0/s1. The summed E-state index contributed by atoms with van der Waals surface area (Å²) < 4.78 is 0. The third-order valence-electron chi connectivity index (χ3n) is 4.17. The number of carboxylic acids is 1. The van der Waals surface area contributed by atoms with E-state index in [0.29, 0.717) is 19.3 Å². The molecule has 2 aliphatic rings. The van der Waals surface area contributed by atoms with Gasteiger partial charge >= 0.3 is 5.97 Å². The summed E-state index contributed by atoms with van der Waals surface area (Å²) in [7, 11) is 0. The molecule has 0 spiro atoms. The summed E-state index contributed by atoms with van der Waals surface area (Å²) in [6.45, 7) is 0. The molecule has 2 N–H and O–H groups in total. The van der Waals surface area contributed by atoms with Crippen molar-refractivity contribution in [1.29, 1.82) is 0 Å². The van der Waals surface area contributed by atoms with E-state index in [0.717, 1.165) is 5.75 Å². The van der Waals surface area contributed by atoms with E-state index in [4.69, 9.17) is 5.11 Å². The highest BCUT2D eigenvalue weighted by atomic mass is 32.2. The Balaban J connectivity index is 1.62. The van der Waals surface area contributed by atoms with Gasteiger partial charge in [-0.15, -0.1) is 11.8 Å². The van der Waals surface area contributed by atoms with Crippen LogP contribution >= 0.6 is 11.8 Å². The van der Waals surface area contributed by atoms with Crippen LogP contribution in [0, 0.1) is 11.8 Å². The third kappa shape index (κ3) is 2.54. The number of rotatable bonds is 3. The van der Waals surface area contributed by atoms with Crippen molar-refractivity contribution in [2.24, 2.45) is 11.8 Å². The molecular weight excluding hydrogens is 274 g/mol. The van der Waals surface area contributed by atoms with Crippen LogP contribution in [0.3, 0.4) is 0 Å². The van der Waals surface area contributed by atoms with Crippen LogP contribution in [0.2, 0.25) is 0 Å². The van der Waals surface area contributed by atoms with Crippen molar-refractivity contribution in [3.8, 4) is 0 Å². The molecule has 1 unspecified atom stereocenters. The van der Waals surface area contributed by atoms with Gasteiger partial charge in [0.25, 0.3) is 0 Å². The predicted molar refractivity (Wildman–Crippen MR) is 76.5 cm³/mol. The number of carbonyl (C=O) groups is 2. The molecule has 1 heterocycles. The molecule has 1 aliphatic carbocycles. The molecule has 0 bridgehead atoms. The molecule has 5 heteroatoms. The van der Waals surface area contributed by atoms with Crippen molar-refractivity contribution < 1.29 is 14.7 Å². The molecule has 0 radical (unpaired) electrons. The lowest BCUT2D eigenvalue weighted by atomic mass is 10.0. The fourth-order valence-electron chi connectivity index (χ4n) is 3.02. The Morgan fingerprint density at radius 3 is 2.70 bits per heavy atom. The van der Waals surface area contributed by atoms with E-state index in [1.807, 2.05) is 12.1 Å². The van der Waals surface area contributed by atoms with Crippen molar-refractivity contribution in [3.05, 3.63) is 29.8 Å². The Morgan fingerprint density at radius 1 is 1.20 bits per heavy atom. The number of fused-ring (bicyclic) bond motifs is 1. The lowest BCUT2D eigenvalue weighted by Crippen LogP contribution is -2.33. The highest BCUT2D eigenvalue weighted by molar-refractivity contribution is 7.99. The summed E-state index contributed by atoms with van der Waals surface area (Å²) in [5, 5.41) is 12.1. The molecule has 3 atom stereocenters. The van der Waals surface area contributed by atoms with Crippen molar-refractivity contribution in [1.82, 2.24) is 5.32 Å². The SMILES string of the molecule is O=C(O)[C@@H]1CC[C@H](C(=O)NC2CSc3ccccc32)C1. The third-order valence-corrected chi connectivity index (χ3v) is 5.35. The van der Waals surface area contributed by atoms with Crippen LogP contribution in [-0.2, 0) is 9.59 Å². The molecule has 4 nitrogen and oxygen atoms in total. The zero-order valence-corrected chi connectivity index (χ0v) is 11.9. The summed E-state index contributed by atoms with van der Waals surface area (Å²) in [5.41, 5.74) is 1.18. The number of carboxylic acid groups (broad SMARTS) is 1. The maximum absolute atomic E-state index is 12.3. The highest BCUT2D eigenvalue weighted by Gasteiger charge is 2.35. The number of aliphatic carboxylic acids is 1. The van der Waals surface area contributed by atoms with Crippen LogP contribution in [0.15, 0.2) is 29.2 Å². The van der Waals surface area contributed by atoms with Gasteiger partial charge in [-0.1, -0.05) is 18.2 Å². The molecule has 3 rings (SSSR count). The average molecular weight is 291 g/mol. The second kappa shape index (κ2) is 5.48. The topological polar surface area (TPSA) is 66.4 Å². The van der Waals surface area contributed by atoms with Crippen LogP contribution in [0.4, 0.5) is 0 Å². The molecule has 1 aromatic carbocycles. The average Bonchev–Trinajstić information content (AvgIpc) is 3.06. The number of nitrogens with one attached hydrogen (secondary N) is 1. The van der Waals surface area contributed by atoms with Gasteiger partial charge in [0, 0.05) is 16.6 Å². The fraction of sp³-hybridized carbons (Fsp3) is 0.467. The molecule has 0 saturated heterocycles. The number of thioether (sulfide) groups is 1. The molecule has 0 aromatic heterocycles. The van der Waals surface area contributed by atoms with Gasteiger partial charge in [-0.2, -0.15) is 0 Å². The molecule has 1 amide bonds. The van der Waals surface area contributed by atoms with Crippen LogP contribution in [0.5, 0.6) is 0 Å². The van der Waals surface area contributed by atoms with E-state index in [1.165, 1.54) is 10.5 Å². The van der Waals surface area contributed by atoms with Gasteiger partial charge in [-0.3, -0.25) is 9.59 Å². The summed E-state index contributed by atoms with van der Waals surface area (Å²) in [5.74, 6) is -0.400. The first kappa shape index (κ1) is 13.5. The van der Waals surface area contributed by atoms with Gasteiger partial charge in [0.15, 0.2) is 0 Å². The Bertz CT molecular complexity index is 546. The second-order valence-corrected chi connectivity index (χ2v) is 6.52. The quantitative estimate of drug-likeness (QED) is 0.897. The minimum Gasteiger partial charge on any atom is -0.481 e.